The van der Waals surface area contributed by atoms with E-state index in [2.05, 4.69) is 4.90 Å². The van der Waals surface area contributed by atoms with Crippen molar-refractivity contribution in [3.63, 3.8) is 0 Å². The number of aliphatic hydroxyl groups excluding tert-OH is 1. The number of furan rings is 1. The van der Waals surface area contributed by atoms with E-state index in [1.54, 1.807) is 4.90 Å². The van der Waals surface area contributed by atoms with Crippen LogP contribution in [0, 0.1) is 10.1 Å². The number of nitro groups is 1. The molecule has 0 aliphatic carbocycles. The van der Waals surface area contributed by atoms with Crippen molar-refractivity contribution in [2.24, 2.45) is 0 Å². The van der Waals surface area contributed by atoms with Gasteiger partial charge in [-0.3, -0.25) is 19.8 Å². The van der Waals surface area contributed by atoms with E-state index in [9.17, 15) is 14.9 Å². The number of hydrogen-bond donors (Lipinski definition) is 1. The van der Waals surface area contributed by atoms with E-state index in [1.165, 1.54) is 12.1 Å². The van der Waals surface area contributed by atoms with E-state index >= 15 is 0 Å². The van der Waals surface area contributed by atoms with E-state index in [4.69, 9.17) is 9.52 Å². The Hall–Kier alpha value is -1.93. The number of rotatable bonds is 4. The molecule has 1 N–H and O–H groups in total. The Morgan fingerprint density at radius 2 is 2.15 bits per heavy atom. The van der Waals surface area contributed by atoms with Crippen molar-refractivity contribution in [2.75, 3.05) is 39.3 Å². The van der Waals surface area contributed by atoms with Crippen LogP contribution in [0.2, 0.25) is 0 Å². The van der Waals surface area contributed by atoms with Gasteiger partial charge in [0, 0.05) is 26.2 Å². The third kappa shape index (κ3) is 3.34. The van der Waals surface area contributed by atoms with Crippen LogP contribution in [-0.2, 0) is 0 Å². The van der Waals surface area contributed by atoms with Gasteiger partial charge in [0.05, 0.1) is 12.7 Å². The summed E-state index contributed by atoms with van der Waals surface area (Å²) < 4.78 is 4.93. The first-order valence-corrected chi connectivity index (χ1v) is 6.48. The number of carbonyl (C=O) groups excluding carboxylic acids is 1. The van der Waals surface area contributed by atoms with E-state index in [0.29, 0.717) is 26.2 Å². The molecule has 1 fully saturated rings. The van der Waals surface area contributed by atoms with Crippen LogP contribution in [0.25, 0.3) is 0 Å². The first-order chi connectivity index (χ1) is 9.61. The molecule has 0 radical (unpaired) electrons. The Labute approximate surface area is 115 Å². The van der Waals surface area contributed by atoms with Gasteiger partial charge in [-0.25, -0.2) is 0 Å². The van der Waals surface area contributed by atoms with Gasteiger partial charge >= 0.3 is 5.88 Å². The number of nitrogens with zero attached hydrogens (tertiary/aromatic N) is 3. The fourth-order valence-corrected chi connectivity index (χ4v) is 2.24. The minimum Gasteiger partial charge on any atom is -0.395 e. The van der Waals surface area contributed by atoms with Crippen LogP contribution in [-0.4, -0.2) is 65.1 Å². The lowest BCUT2D eigenvalue weighted by molar-refractivity contribution is -0.402. The topological polar surface area (TPSA) is 100 Å². The maximum Gasteiger partial charge on any atom is 0.433 e. The molecule has 0 unspecified atom stereocenters. The largest absolute Gasteiger partial charge is 0.433 e. The highest BCUT2D eigenvalue weighted by Gasteiger charge is 2.24. The molecule has 20 heavy (non-hydrogen) atoms. The molecule has 1 aromatic rings. The van der Waals surface area contributed by atoms with Crippen molar-refractivity contribution in [3.05, 3.63) is 28.0 Å². The van der Waals surface area contributed by atoms with E-state index in [0.717, 1.165) is 13.0 Å². The second-order valence-corrected chi connectivity index (χ2v) is 4.61. The molecule has 0 saturated carbocycles. The molecule has 1 aliphatic rings. The summed E-state index contributed by atoms with van der Waals surface area (Å²) >= 11 is 0. The van der Waals surface area contributed by atoms with Crippen LogP contribution < -0.4 is 0 Å². The van der Waals surface area contributed by atoms with Gasteiger partial charge < -0.3 is 14.4 Å². The Balaban J connectivity index is 1.99. The summed E-state index contributed by atoms with van der Waals surface area (Å²) in [7, 11) is 0. The second kappa shape index (κ2) is 6.49. The zero-order valence-corrected chi connectivity index (χ0v) is 11.0. The summed E-state index contributed by atoms with van der Waals surface area (Å²) in [6.45, 7) is 3.28. The lowest BCUT2D eigenvalue weighted by Gasteiger charge is -2.20. The summed E-state index contributed by atoms with van der Waals surface area (Å²) in [6.07, 6.45) is 0.800. The Kier molecular flexibility index (Phi) is 4.70. The lowest BCUT2D eigenvalue weighted by atomic mass is 10.3. The number of β-amino-alcohol motifs (C(OH)–C–C–N with tert-alkyl or cyclic N) is 1. The summed E-state index contributed by atoms with van der Waals surface area (Å²) in [5.74, 6) is -0.763. The maximum absolute atomic E-state index is 12.2. The average molecular weight is 283 g/mol. The number of carbonyl (C=O) groups is 1. The van der Waals surface area contributed by atoms with Gasteiger partial charge in [0.2, 0.25) is 0 Å². The van der Waals surface area contributed by atoms with E-state index < -0.39 is 10.8 Å². The smallest absolute Gasteiger partial charge is 0.395 e. The maximum atomic E-state index is 12.2. The minimum absolute atomic E-state index is 0.00712. The highest BCUT2D eigenvalue weighted by atomic mass is 16.6. The summed E-state index contributed by atoms with van der Waals surface area (Å²) in [5.41, 5.74) is 0. The first kappa shape index (κ1) is 14.5. The van der Waals surface area contributed by atoms with Crippen LogP contribution in [0.4, 0.5) is 5.88 Å². The molecule has 110 valence electrons. The molecular weight excluding hydrogens is 266 g/mol. The van der Waals surface area contributed by atoms with Crippen molar-refractivity contribution in [1.82, 2.24) is 9.80 Å². The van der Waals surface area contributed by atoms with Gasteiger partial charge in [-0.2, -0.15) is 0 Å². The zero-order chi connectivity index (χ0) is 14.5. The molecule has 0 atom stereocenters. The van der Waals surface area contributed by atoms with Crippen molar-refractivity contribution in [3.8, 4) is 0 Å². The summed E-state index contributed by atoms with van der Waals surface area (Å²) in [4.78, 5) is 25.8. The fourth-order valence-electron chi connectivity index (χ4n) is 2.24. The van der Waals surface area contributed by atoms with Crippen LogP contribution in [0.15, 0.2) is 16.5 Å². The minimum atomic E-state index is -0.664. The predicted octanol–water partition coefficient (Wildman–Crippen LogP) is 0.328. The first-order valence-electron chi connectivity index (χ1n) is 6.48. The fraction of sp³-hybridized carbons (Fsp3) is 0.583. The molecule has 1 amide bonds. The van der Waals surface area contributed by atoms with Crippen LogP contribution >= 0.6 is 0 Å². The zero-order valence-electron chi connectivity index (χ0n) is 11.0. The van der Waals surface area contributed by atoms with Crippen molar-refractivity contribution in [2.45, 2.75) is 6.42 Å². The standard InChI is InChI=1S/C12H17N3O5/c16-9-8-13-4-1-5-14(7-6-13)12(17)10-2-3-11(20-10)15(18)19/h2-3,16H,1,4-9H2. The number of amides is 1. The van der Waals surface area contributed by atoms with Crippen LogP contribution in [0.1, 0.15) is 17.0 Å². The van der Waals surface area contributed by atoms with E-state index in [-0.39, 0.29) is 18.3 Å². The number of hydrogen-bond acceptors (Lipinski definition) is 6. The quantitative estimate of drug-likeness (QED) is 0.631. The van der Waals surface area contributed by atoms with Gasteiger partial charge in [0.1, 0.15) is 4.92 Å². The molecule has 8 heteroatoms. The molecule has 1 saturated heterocycles. The molecule has 0 aromatic carbocycles. The normalized spacial score (nSPS) is 16.9. The Morgan fingerprint density at radius 1 is 1.35 bits per heavy atom. The predicted molar refractivity (Wildman–Crippen MR) is 69.4 cm³/mol. The molecule has 0 spiro atoms. The van der Waals surface area contributed by atoms with Gasteiger partial charge in [-0.1, -0.05) is 0 Å². The van der Waals surface area contributed by atoms with E-state index in [1.807, 2.05) is 0 Å². The Bertz CT molecular complexity index is 487. The van der Waals surface area contributed by atoms with Crippen molar-refractivity contribution >= 4 is 11.8 Å². The van der Waals surface area contributed by atoms with Gasteiger partial charge in [-0.05, 0) is 19.0 Å². The molecule has 1 aromatic heterocycles. The summed E-state index contributed by atoms with van der Waals surface area (Å²) in [5, 5.41) is 19.5. The van der Waals surface area contributed by atoms with Gasteiger partial charge in [0.25, 0.3) is 5.91 Å². The van der Waals surface area contributed by atoms with Gasteiger partial charge in [-0.15, -0.1) is 0 Å². The highest BCUT2D eigenvalue weighted by Crippen LogP contribution is 2.18. The summed E-state index contributed by atoms with van der Waals surface area (Å²) in [6, 6.07) is 2.51. The third-order valence-corrected chi connectivity index (χ3v) is 3.27. The molecule has 0 bridgehead atoms. The highest BCUT2D eigenvalue weighted by molar-refractivity contribution is 5.91. The molecule has 8 nitrogen and oxygen atoms in total. The molecule has 2 heterocycles. The monoisotopic (exact) mass is 283 g/mol. The number of aliphatic hydroxyl groups is 1. The molecule has 2 rings (SSSR count). The van der Waals surface area contributed by atoms with Crippen LogP contribution in [0.5, 0.6) is 0 Å². The molecule has 1 aliphatic heterocycles. The SMILES string of the molecule is O=C(c1ccc([N+](=O)[O-])o1)N1CCCN(CCO)CC1. The van der Waals surface area contributed by atoms with Crippen molar-refractivity contribution < 1.29 is 19.2 Å². The average Bonchev–Trinajstić information content (AvgIpc) is 2.80. The van der Waals surface area contributed by atoms with Crippen LogP contribution in [0.3, 0.4) is 0 Å². The van der Waals surface area contributed by atoms with Gasteiger partial charge in [0.15, 0.2) is 5.76 Å². The lowest BCUT2D eigenvalue weighted by Crippen LogP contribution is -2.35. The Morgan fingerprint density at radius 3 is 2.80 bits per heavy atom. The van der Waals surface area contributed by atoms with Crippen molar-refractivity contribution in [1.29, 1.82) is 0 Å². The second-order valence-electron chi connectivity index (χ2n) is 4.61. The third-order valence-electron chi connectivity index (χ3n) is 3.27. The molecular formula is C12H17N3O5.